The predicted molar refractivity (Wildman–Crippen MR) is 62.7 cm³/mol. The summed E-state index contributed by atoms with van der Waals surface area (Å²) in [6.07, 6.45) is 1.54. The van der Waals surface area contributed by atoms with E-state index in [9.17, 15) is 0 Å². The van der Waals surface area contributed by atoms with E-state index in [0.717, 1.165) is 0 Å². The van der Waals surface area contributed by atoms with E-state index < -0.39 is 0 Å². The van der Waals surface area contributed by atoms with E-state index in [1.807, 2.05) is 19.9 Å². The van der Waals surface area contributed by atoms with Crippen molar-refractivity contribution in [3.05, 3.63) is 17.8 Å². The summed E-state index contributed by atoms with van der Waals surface area (Å²) in [6, 6.07) is 3.60. The molecule has 0 aliphatic heterocycles. The standard InChI is InChI=1S/C11H16N4O/c1-7(6-16)8(2)15-11-10(13)9(5-12)3-4-14-11/h3-4,7-8,16H,6,13H2,1-2H3,(H,14,15). The molecule has 2 atom stereocenters. The first kappa shape index (κ1) is 12.3. The zero-order chi connectivity index (χ0) is 12.1. The maximum atomic E-state index is 9.01. The van der Waals surface area contributed by atoms with Gasteiger partial charge in [-0.3, -0.25) is 0 Å². The minimum Gasteiger partial charge on any atom is -0.396 e. The minimum atomic E-state index is 0.0359. The Hall–Kier alpha value is -1.80. The van der Waals surface area contributed by atoms with Gasteiger partial charge in [0, 0.05) is 18.8 Å². The topological polar surface area (TPSA) is 95.0 Å². The monoisotopic (exact) mass is 220 g/mol. The van der Waals surface area contributed by atoms with Crippen LogP contribution in [-0.2, 0) is 0 Å². The van der Waals surface area contributed by atoms with Crippen LogP contribution < -0.4 is 11.1 Å². The quantitative estimate of drug-likeness (QED) is 0.702. The fourth-order valence-electron chi connectivity index (χ4n) is 1.20. The number of pyridine rings is 1. The number of nitrogens with two attached hydrogens (primary N) is 1. The molecule has 1 aromatic rings. The van der Waals surface area contributed by atoms with Gasteiger partial charge in [0.15, 0.2) is 5.82 Å². The first-order valence-electron chi connectivity index (χ1n) is 5.12. The second-order valence-electron chi connectivity index (χ2n) is 3.83. The van der Waals surface area contributed by atoms with Gasteiger partial charge in [-0.25, -0.2) is 4.98 Å². The number of nitrogens with zero attached hydrogens (tertiary/aromatic N) is 2. The van der Waals surface area contributed by atoms with Gasteiger partial charge in [0.2, 0.25) is 0 Å². The van der Waals surface area contributed by atoms with Gasteiger partial charge in [0.25, 0.3) is 0 Å². The predicted octanol–water partition coefficient (Wildman–Crippen LogP) is 0.964. The van der Waals surface area contributed by atoms with Crippen LogP contribution in [-0.4, -0.2) is 22.7 Å². The van der Waals surface area contributed by atoms with Crippen molar-refractivity contribution in [3.63, 3.8) is 0 Å². The molecule has 0 fully saturated rings. The highest BCUT2D eigenvalue weighted by Gasteiger charge is 2.13. The van der Waals surface area contributed by atoms with E-state index in [1.165, 1.54) is 6.20 Å². The van der Waals surface area contributed by atoms with Gasteiger partial charge in [-0.1, -0.05) is 6.92 Å². The molecule has 0 saturated carbocycles. The van der Waals surface area contributed by atoms with Crippen molar-refractivity contribution in [3.8, 4) is 6.07 Å². The number of aromatic nitrogens is 1. The summed E-state index contributed by atoms with van der Waals surface area (Å²) in [7, 11) is 0. The number of nitrogen functional groups attached to an aromatic ring is 1. The second kappa shape index (κ2) is 5.33. The summed E-state index contributed by atoms with van der Waals surface area (Å²) in [5, 5.41) is 20.9. The number of hydrogen-bond acceptors (Lipinski definition) is 5. The van der Waals surface area contributed by atoms with E-state index in [1.54, 1.807) is 6.07 Å². The number of rotatable bonds is 4. The number of anilines is 2. The van der Waals surface area contributed by atoms with Crippen molar-refractivity contribution in [2.75, 3.05) is 17.7 Å². The van der Waals surface area contributed by atoms with Gasteiger partial charge in [0.05, 0.1) is 11.3 Å². The third-order valence-electron chi connectivity index (χ3n) is 2.62. The number of aliphatic hydroxyl groups is 1. The fourth-order valence-corrected chi connectivity index (χ4v) is 1.20. The zero-order valence-electron chi connectivity index (χ0n) is 9.44. The first-order chi connectivity index (χ1) is 7.60. The first-order valence-corrected chi connectivity index (χ1v) is 5.12. The molecule has 1 heterocycles. The lowest BCUT2D eigenvalue weighted by Crippen LogP contribution is -2.27. The molecular formula is C11H16N4O. The number of nitrogens with one attached hydrogen (secondary N) is 1. The van der Waals surface area contributed by atoms with Crippen molar-refractivity contribution in [1.82, 2.24) is 4.98 Å². The summed E-state index contributed by atoms with van der Waals surface area (Å²) in [4.78, 5) is 4.07. The molecule has 2 unspecified atom stereocenters. The van der Waals surface area contributed by atoms with E-state index in [0.29, 0.717) is 17.1 Å². The molecule has 5 nitrogen and oxygen atoms in total. The molecule has 0 aliphatic rings. The molecule has 0 aliphatic carbocycles. The van der Waals surface area contributed by atoms with Crippen molar-refractivity contribution in [1.29, 1.82) is 5.26 Å². The Balaban J connectivity index is 2.86. The third-order valence-corrected chi connectivity index (χ3v) is 2.62. The lowest BCUT2D eigenvalue weighted by Gasteiger charge is -2.20. The maximum Gasteiger partial charge on any atom is 0.150 e. The number of hydrogen-bond donors (Lipinski definition) is 3. The van der Waals surface area contributed by atoms with Crippen molar-refractivity contribution in [2.45, 2.75) is 19.9 Å². The highest BCUT2D eigenvalue weighted by atomic mass is 16.3. The number of aliphatic hydroxyl groups excluding tert-OH is 1. The van der Waals surface area contributed by atoms with Crippen LogP contribution >= 0.6 is 0 Å². The molecule has 0 radical (unpaired) electrons. The van der Waals surface area contributed by atoms with Gasteiger partial charge >= 0.3 is 0 Å². The Bertz CT molecular complexity index is 399. The fraction of sp³-hybridized carbons (Fsp3) is 0.455. The molecule has 1 rings (SSSR count). The van der Waals surface area contributed by atoms with Gasteiger partial charge < -0.3 is 16.2 Å². The Morgan fingerprint density at radius 1 is 1.62 bits per heavy atom. The normalized spacial score (nSPS) is 13.9. The van der Waals surface area contributed by atoms with E-state index in [2.05, 4.69) is 10.3 Å². The molecule has 0 aromatic carbocycles. The van der Waals surface area contributed by atoms with E-state index in [4.69, 9.17) is 16.1 Å². The van der Waals surface area contributed by atoms with Crippen LogP contribution in [0.25, 0.3) is 0 Å². The van der Waals surface area contributed by atoms with Crippen LogP contribution in [0.1, 0.15) is 19.4 Å². The van der Waals surface area contributed by atoms with Crippen LogP contribution in [0.3, 0.4) is 0 Å². The average molecular weight is 220 g/mol. The van der Waals surface area contributed by atoms with Gasteiger partial charge in [-0.05, 0) is 18.9 Å². The Kier molecular flexibility index (Phi) is 4.09. The molecule has 0 spiro atoms. The summed E-state index contributed by atoms with van der Waals surface area (Å²) in [5.74, 6) is 0.582. The second-order valence-corrected chi connectivity index (χ2v) is 3.83. The summed E-state index contributed by atoms with van der Waals surface area (Å²) in [6.45, 7) is 3.94. The molecule has 86 valence electrons. The molecule has 16 heavy (non-hydrogen) atoms. The molecule has 1 aromatic heterocycles. The summed E-state index contributed by atoms with van der Waals surface area (Å²) in [5.41, 5.74) is 6.53. The van der Waals surface area contributed by atoms with Crippen molar-refractivity contribution < 1.29 is 5.11 Å². The van der Waals surface area contributed by atoms with Crippen molar-refractivity contribution >= 4 is 11.5 Å². The van der Waals surface area contributed by atoms with Crippen LogP contribution in [0, 0.1) is 17.2 Å². The molecule has 0 bridgehead atoms. The van der Waals surface area contributed by atoms with Crippen LogP contribution in [0.2, 0.25) is 0 Å². The minimum absolute atomic E-state index is 0.0359. The summed E-state index contributed by atoms with van der Waals surface area (Å²) < 4.78 is 0. The molecule has 0 amide bonds. The van der Waals surface area contributed by atoms with Crippen molar-refractivity contribution in [2.24, 2.45) is 5.92 Å². The summed E-state index contributed by atoms with van der Waals surface area (Å²) >= 11 is 0. The van der Waals surface area contributed by atoms with Crippen LogP contribution in [0.4, 0.5) is 11.5 Å². The molecular weight excluding hydrogens is 204 g/mol. The Morgan fingerprint density at radius 3 is 2.88 bits per heavy atom. The lowest BCUT2D eigenvalue weighted by atomic mass is 10.1. The lowest BCUT2D eigenvalue weighted by molar-refractivity contribution is 0.226. The van der Waals surface area contributed by atoms with Crippen LogP contribution in [0.5, 0.6) is 0 Å². The molecule has 5 heteroatoms. The average Bonchev–Trinajstić information content (AvgIpc) is 2.30. The highest BCUT2D eigenvalue weighted by Crippen LogP contribution is 2.20. The van der Waals surface area contributed by atoms with E-state index >= 15 is 0 Å². The Labute approximate surface area is 94.9 Å². The molecule has 0 saturated heterocycles. The zero-order valence-corrected chi connectivity index (χ0v) is 9.44. The van der Waals surface area contributed by atoms with Gasteiger partial charge in [0.1, 0.15) is 6.07 Å². The van der Waals surface area contributed by atoms with Gasteiger partial charge in [-0.15, -0.1) is 0 Å². The number of nitriles is 1. The van der Waals surface area contributed by atoms with Crippen LogP contribution in [0.15, 0.2) is 12.3 Å². The van der Waals surface area contributed by atoms with E-state index in [-0.39, 0.29) is 18.6 Å². The third kappa shape index (κ3) is 2.61. The Morgan fingerprint density at radius 2 is 2.31 bits per heavy atom. The van der Waals surface area contributed by atoms with Gasteiger partial charge in [-0.2, -0.15) is 5.26 Å². The maximum absolute atomic E-state index is 9.01. The largest absolute Gasteiger partial charge is 0.396 e. The highest BCUT2D eigenvalue weighted by molar-refractivity contribution is 5.69. The SMILES string of the molecule is CC(CO)C(C)Nc1nccc(C#N)c1N. The smallest absolute Gasteiger partial charge is 0.150 e. The molecule has 4 N–H and O–H groups in total.